The Morgan fingerprint density at radius 3 is 2.19 bits per heavy atom. The van der Waals surface area contributed by atoms with Crippen LogP contribution in [0.15, 0.2) is 65.6 Å². The number of thioether (sulfide) groups is 1. The minimum absolute atomic E-state index is 0.118. The summed E-state index contributed by atoms with van der Waals surface area (Å²) < 4.78 is 0. The molecule has 0 spiro atoms. The molecule has 2 nitrogen and oxygen atoms in total. The molecule has 0 amide bonds. The maximum atomic E-state index is 10.1. The van der Waals surface area contributed by atoms with Crippen LogP contribution in [0.3, 0.4) is 0 Å². The van der Waals surface area contributed by atoms with Crippen molar-refractivity contribution < 1.29 is 5.11 Å². The molecule has 2 aromatic carbocycles. The summed E-state index contributed by atoms with van der Waals surface area (Å²) in [5.74, 6) is 0.827. The van der Waals surface area contributed by atoms with Gasteiger partial charge in [0.15, 0.2) is 0 Å². The van der Waals surface area contributed by atoms with Crippen molar-refractivity contribution in [3.05, 3.63) is 66.2 Å². The number of benzene rings is 2. The van der Waals surface area contributed by atoms with Crippen molar-refractivity contribution in [1.82, 2.24) is 5.32 Å². The molecular weight excluding hydrogens is 278 g/mol. The fourth-order valence-electron chi connectivity index (χ4n) is 2.49. The molecular formula is C18H21NOS. The van der Waals surface area contributed by atoms with E-state index in [9.17, 15) is 5.11 Å². The Hall–Kier alpha value is -1.29. The van der Waals surface area contributed by atoms with Gasteiger partial charge in [0.1, 0.15) is 0 Å². The molecule has 1 fully saturated rings. The first-order valence-corrected chi connectivity index (χ1v) is 8.43. The van der Waals surface area contributed by atoms with Crippen LogP contribution in [-0.4, -0.2) is 23.5 Å². The Bertz CT molecular complexity index is 556. The van der Waals surface area contributed by atoms with E-state index in [1.54, 1.807) is 11.8 Å². The number of aliphatic hydroxyl groups is 1. The van der Waals surface area contributed by atoms with Crippen LogP contribution in [0, 0.1) is 0 Å². The van der Waals surface area contributed by atoms with E-state index in [0.717, 1.165) is 5.75 Å². The molecule has 0 saturated heterocycles. The second-order valence-electron chi connectivity index (χ2n) is 5.63. The zero-order valence-corrected chi connectivity index (χ0v) is 12.9. The topological polar surface area (TPSA) is 32.3 Å². The highest BCUT2D eigenvalue weighted by Crippen LogP contribution is 2.33. The van der Waals surface area contributed by atoms with Gasteiger partial charge in [-0.15, -0.1) is 11.8 Å². The van der Waals surface area contributed by atoms with E-state index in [2.05, 4.69) is 41.7 Å². The summed E-state index contributed by atoms with van der Waals surface area (Å²) in [7, 11) is 0. The number of hydrogen-bond donors (Lipinski definition) is 2. The standard InChI is InChI=1S/C18H21NOS/c20-13-18(19-16-11-12-16,15-7-3-1-4-8-15)14-21-17-9-5-2-6-10-17/h1-10,16,19-20H,11-14H2. The number of nitrogens with one attached hydrogen (secondary N) is 1. The van der Waals surface area contributed by atoms with Crippen molar-refractivity contribution in [2.45, 2.75) is 29.3 Å². The maximum absolute atomic E-state index is 10.1. The SMILES string of the molecule is OCC(CSc1ccccc1)(NC1CC1)c1ccccc1. The summed E-state index contributed by atoms with van der Waals surface area (Å²) >= 11 is 1.79. The van der Waals surface area contributed by atoms with Crippen LogP contribution in [0.2, 0.25) is 0 Å². The highest BCUT2D eigenvalue weighted by molar-refractivity contribution is 7.99. The molecule has 1 aliphatic rings. The lowest BCUT2D eigenvalue weighted by atomic mass is 9.92. The van der Waals surface area contributed by atoms with Crippen LogP contribution in [0.5, 0.6) is 0 Å². The predicted octanol–water partition coefficient (Wildman–Crippen LogP) is 3.42. The smallest absolute Gasteiger partial charge is 0.0766 e. The fraction of sp³-hybridized carbons (Fsp3) is 0.333. The lowest BCUT2D eigenvalue weighted by molar-refractivity contribution is 0.177. The van der Waals surface area contributed by atoms with Crippen LogP contribution in [0.25, 0.3) is 0 Å². The van der Waals surface area contributed by atoms with Crippen molar-refractivity contribution in [1.29, 1.82) is 0 Å². The summed E-state index contributed by atoms with van der Waals surface area (Å²) in [5.41, 5.74) is 0.811. The third kappa shape index (κ3) is 3.67. The first-order chi connectivity index (χ1) is 10.3. The second-order valence-corrected chi connectivity index (χ2v) is 6.68. The van der Waals surface area contributed by atoms with Crippen LogP contribution >= 0.6 is 11.8 Å². The highest BCUT2D eigenvalue weighted by Gasteiger charge is 2.37. The summed E-state index contributed by atoms with van der Waals surface area (Å²) in [4.78, 5) is 1.24. The lowest BCUT2D eigenvalue weighted by Gasteiger charge is -2.34. The zero-order valence-electron chi connectivity index (χ0n) is 12.0. The van der Waals surface area contributed by atoms with Crippen molar-refractivity contribution >= 4 is 11.8 Å². The lowest BCUT2D eigenvalue weighted by Crippen LogP contribution is -2.49. The summed E-state index contributed by atoms with van der Waals surface area (Å²) in [6.45, 7) is 0.118. The summed E-state index contributed by atoms with van der Waals surface area (Å²) in [5, 5.41) is 13.8. The van der Waals surface area contributed by atoms with Crippen LogP contribution < -0.4 is 5.32 Å². The largest absolute Gasteiger partial charge is 0.394 e. The van der Waals surface area contributed by atoms with Gasteiger partial charge in [0, 0.05) is 16.7 Å². The molecule has 1 saturated carbocycles. The van der Waals surface area contributed by atoms with Crippen molar-refractivity contribution in [2.75, 3.05) is 12.4 Å². The van der Waals surface area contributed by atoms with E-state index in [1.807, 2.05) is 24.3 Å². The molecule has 21 heavy (non-hydrogen) atoms. The van der Waals surface area contributed by atoms with Crippen LogP contribution in [-0.2, 0) is 5.54 Å². The Balaban J connectivity index is 1.81. The third-order valence-corrected chi connectivity index (χ3v) is 5.13. The molecule has 2 N–H and O–H groups in total. The molecule has 0 heterocycles. The van der Waals surface area contributed by atoms with Crippen molar-refractivity contribution in [3.8, 4) is 0 Å². The Labute approximate surface area is 130 Å². The first kappa shape index (κ1) is 14.6. The quantitative estimate of drug-likeness (QED) is 0.768. The van der Waals surface area contributed by atoms with E-state index in [4.69, 9.17) is 0 Å². The zero-order chi connectivity index (χ0) is 14.5. The molecule has 0 aromatic heterocycles. The van der Waals surface area contributed by atoms with Crippen molar-refractivity contribution in [3.63, 3.8) is 0 Å². The first-order valence-electron chi connectivity index (χ1n) is 7.44. The van der Waals surface area contributed by atoms with E-state index in [-0.39, 0.29) is 12.1 Å². The van der Waals surface area contributed by atoms with E-state index in [0.29, 0.717) is 6.04 Å². The van der Waals surface area contributed by atoms with Crippen LogP contribution in [0.1, 0.15) is 18.4 Å². The Morgan fingerprint density at radius 2 is 1.62 bits per heavy atom. The second kappa shape index (κ2) is 6.65. The van der Waals surface area contributed by atoms with E-state index < -0.39 is 0 Å². The van der Waals surface area contributed by atoms with Gasteiger partial charge in [0.25, 0.3) is 0 Å². The average molecular weight is 299 g/mol. The normalized spacial score (nSPS) is 17.4. The predicted molar refractivity (Wildman–Crippen MR) is 88.5 cm³/mol. The van der Waals surface area contributed by atoms with E-state index in [1.165, 1.54) is 23.3 Å². The number of hydrogen-bond acceptors (Lipinski definition) is 3. The number of rotatable bonds is 7. The van der Waals surface area contributed by atoms with Gasteiger partial charge in [-0.2, -0.15) is 0 Å². The van der Waals surface area contributed by atoms with E-state index >= 15 is 0 Å². The van der Waals surface area contributed by atoms with Crippen molar-refractivity contribution in [2.24, 2.45) is 0 Å². The maximum Gasteiger partial charge on any atom is 0.0766 e. The molecule has 1 unspecified atom stereocenters. The molecule has 0 radical (unpaired) electrons. The van der Waals surface area contributed by atoms with Gasteiger partial charge in [-0.3, -0.25) is 0 Å². The van der Waals surface area contributed by atoms with Gasteiger partial charge < -0.3 is 10.4 Å². The molecule has 110 valence electrons. The number of aliphatic hydroxyl groups excluding tert-OH is 1. The third-order valence-electron chi connectivity index (χ3n) is 3.88. The average Bonchev–Trinajstić information content (AvgIpc) is 3.37. The minimum Gasteiger partial charge on any atom is -0.394 e. The summed E-state index contributed by atoms with van der Waals surface area (Å²) in [6, 6.07) is 21.3. The molecule has 3 rings (SSSR count). The monoisotopic (exact) mass is 299 g/mol. The molecule has 0 bridgehead atoms. The Morgan fingerprint density at radius 1 is 1.00 bits per heavy atom. The van der Waals surface area contributed by atoms with Gasteiger partial charge in [0.2, 0.25) is 0 Å². The molecule has 3 heteroatoms. The fourth-order valence-corrected chi connectivity index (χ4v) is 3.59. The molecule has 2 aromatic rings. The van der Waals surface area contributed by atoms with Gasteiger partial charge >= 0.3 is 0 Å². The summed E-state index contributed by atoms with van der Waals surface area (Å²) in [6.07, 6.45) is 2.43. The van der Waals surface area contributed by atoms with Gasteiger partial charge in [0.05, 0.1) is 12.1 Å². The molecule has 0 aliphatic heterocycles. The van der Waals surface area contributed by atoms with Gasteiger partial charge in [-0.1, -0.05) is 48.5 Å². The molecule has 1 aliphatic carbocycles. The Kier molecular flexibility index (Phi) is 4.63. The van der Waals surface area contributed by atoms with Gasteiger partial charge in [-0.25, -0.2) is 0 Å². The molecule has 1 atom stereocenters. The minimum atomic E-state index is -0.358. The van der Waals surface area contributed by atoms with Crippen LogP contribution in [0.4, 0.5) is 0 Å². The highest BCUT2D eigenvalue weighted by atomic mass is 32.2. The van der Waals surface area contributed by atoms with Gasteiger partial charge in [-0.05, 0) is 30.5 Å².